The molecule has 220 valence electrons. The molecule has 2 saturated carbocycles. The van der Waals surface area contributed by atoms with E-state index in [0.717, 1.165) is 73.3 Å². The number of aromatic nitrogens is 2. The van der Waals surface area contributed by atoms with Crippen molar-refractivity contribution >= 4 is 40.3 Å². The third-order valence-electron chi connectivity index (χ3n) is 8.73. The number of nitrogens with one attached hydrogen (secondary N) is 2. The maximum absolute atomic E-state index is 13.2. The highest BCUT2D eigenvalue weighted by Crippen LogP contribution is 2.44. The Morgan fingerprint density at radius 1 is 1.00 bits per heavy atom. The van der Waals surface area contributed by atoms with E-state index in [-0.39, 0.29) is 10.7 Å². The first kappa shape index (κ1) is 29.5. The lowest BCUT2D eigenvalue weighted by molar-refractivity contribution is -0.122. The van der Waals surface area contributed by atoms with Gasteiger partial charge < -0.3 is 20.3 Å². The molecular weight excluding hydrogens is 530 g/mol. The average Bonchev–Trinajstić information content (AvgIpc) is 3.00. The lowest BCUT2D eigenvalue weighted by atomic mass is 9.85. The molecule has 0 bridgehead atoms. The van der Waals surface area contributed by atoms with Crippen molar-refractivity contribution in [2.75, 3.05) is 38.0 Å². The topological polar surface area (TPSA) is 79.4 Å². The van der Waals surface area contributed by atoms with Crippen molar-refractivity contribution in [1.29, 1.82) is 0 Å². The van der Waals surface area contributed by atoms with Crippen molar-refractivity contribution < 1.29 is 9.53 Å². The molecule has 0 saturated heterocycles. The van der Waals surface area contributed by atoms with Gasteiger partial charge in [0, 0.05) is 49.0 Å². The minimum Gasteiger partial charge on any atom is -0.497 e. The standard InChI is InChI=1S/C33H45N5O2S/c1-38(2)31-28-9-5-6-10-29(28)36-32(37-31)35-26-15-11-24(12-16-26)22-34-30(39)21-33(19-7-4-8-20-33)41-23-25-13-17-27(40-3)18-14-25/h5-6,9-10,13-14,17-18,24,26H,4,7-8,11-12,15-16,19-23H2,1-3H3,(H,34,39)(H,35,36,37). The average molecular weight is 576 g/mol. The number of hydrogen-bond donors (Lipinski definition) is 2. The molecule has 0 unspecified atom stereocenters. The summed E-state index contributed by atoms with van der Waals surface area (Å²) in [5.41, 5.74) is 2.25. The normalized spacial score (nSPS) is 20.4. The molecule has 5 rings (SSSR count). The van der Waals surface area contributed by atoms with Gasteiger partial charge in [0.15, 0.2) is 0 Å². The molecule has 3 aromatic rings. The number of amides is 1. The number of thioether (sulfide) groups is 1. The van der Waals surface area contributed by atoms with Crippen molar-refractivity contribution in [2.24, 2.45) is 5.92 Å². The molecule has 2 aliphatic rings. The summed E-state index contributed by atoms with van der Waals surface area (Å²) in [6.07, 6.45) is 10.9. The summed E-state index contributed by atoms with van der Waals surface area (Å²) >= 11 is 1.98. The molecule has 7 nitrogen and oxygen atoms in total. The molecule has 0 aliphatic heterocycles. The van der Waals surface area contributed by atoms with Crippen LogP contribution in [0.25, 0.3) is 10.9 Å². The van der Waals surface area contributed by atoms with Crippen LogP contribution in [0.1, 0.15) is 69.8 Å². The maximum Gasteiger partial charge on any atom is 0.225 e. The first-order chi connectivity index (χ1) is 19.9. The van der Waals surface area contributed by atoms with Crippen molar-refractivity contribution in [3.63, 3.8) is 0 Å². The number of rotatable bonds is 11. The third kappa shape index (κ3) is 7.85. The second-order valence-corrected chi connectivity index (χ2v) is 13.4. The van der Waals surface area contributed by atoms with Gasteiger partial charge in [-0.15, -0.1) is 11.8 Å². The van der Waals surface area contributed by atoms with Gasteiger partial charge in [-0.1, -0.05) is 43.5 Å². The molecule has 1 amide bonds. The largest absolute Gasteiger partial charge is 0.497 e. The highest BCUT2D eigenvalue weighted by atomic mass is 32.2. The van der Waals surface area contributed by atoms with Crippen LogP contribution in [0.5, 0.6) is 5.75 Å². The summed E-state index contributed by atoms with van der Waals surface area (Å²) in [5.74, 6) is 4.21. The molecule has 2 fully saturated rings. The van der Waals surface area contributed by atoms with Gasteiger partial charge in [-0.3, -0.25) is 4.79 Å². The van der Waals surface area contributed by atoms with E-state index in [1.807, 2.05) is 61.1 Å². The van der Waals surface area contributed by atoms with E-state index in [1.165, 1.54) is 24.8 Å². The van der Waals surface area contributed by atoms with Crippen LogP contribution in [0.3, 0.4) is 0 Å². The Hall–Kier alpha value is -3.00. The van der Waals surface area contributed by atoms with Gasteiger partial charge in [0.1, 0.15) is 11.6 Å². The molecule has 2 aromatic carbocycles. The van der Waals surface area contributed by atoms with Gasteiger partial charge >= 0.3 is 0 Å². The fraction of sp³-hybridized carbons (Fsp3) is 0.545. The number of hydrogen-bond acceptors (Lipinski definition) is 7. The minimum absolute atomic E-state index is 0.0507. The van der Waals surface area contributed by atoms with Crippen molar-refractivity contribution in [1.82, 2.24) is 15.3 Å². The zero-order valence-corrected chi connectivity index (χ0v) is 25.6. The van der Waals surface area contributed by atoms with E-state index < -0.39 is 0 Å². The van der Waals surface area contributed by atoms with Crippen LogP contribution in [-0.4, -0.2) is 54.4 Å². The van der Waals surface area contributed by atoms with Gasteiger partial charge in [-0.2, -0.15) is 4.98 Å². The molecule has 2 aliphatic carbocycles. The van der Waals surface area contributed by atoms with Gasteiger partial charge in [-0.05, 0) is 74.3 Å². The van der Waals surface area contributed by atoms with Crippen LogP contribution in [0.4, 0.5) is 11.8 Å². The van der Waals surface area contributed by atoms with Crippen LogP contribution in [0.15, 0.2) is 48.5 Å². The highest BCUT2D eigenvalue weighted by Gasteiger charge is 2.35. The van der Waals surface area contributed by atoms with E-state index in [0.29, 0.717) is 24.3 Å². The fourth-order valence-corrected chi connectivity index (χ4v) is 7.77. The SMILES string of the molecule is COc1ccc(CSC2(CC(=O)NCC3CCC(Nc4nc(N(C)C)c5ccccc5n4)CC3)CCCCC2)cc1. The summed E-state index contributed by atoms with van der Waals surface area (Å²) in [4.78, 5) is 24.8. The van der Waals surface area contributed by atoms with Gasteiger partial charge in [0.05, 0.1) is 12.6 Å². The quantitative estimate of drug-likeness (QED) is 0.260. The molecule has 0 spiro atoms. The Balaban J connectivity index is 1.09. The second kappa shape index (κ2) is 13.8. The summed E-state index contributed by atoms with van der Waals surface area (Å²) in [5, 5.41) is 7.99. The summed E-state index contributed by atoms with van der Waals surface area (Å²) in [6, 6.07) is 16.9. The number of methoxy groups -OCH3 is 1. The van der Waals surface area contributed by atoms with Crippen LogP contribution >= 0.6 is 11.8 Å². The number of ether oxygens (including phenoxy) is 1. The maximum atomic E-state index is 13.2. The van der Waals surface area contributed by atoms with Crippen LogP contribution < -0.4 is 20.3 Å². The third-order valence-corrected chi connectivity index (χ3v) is 10.4. The molecule has 0 radical (unpaired) electrons. The molecule has 0 atom stereocenters. The highest BCUT2D eigenvalue weighted by molar-refractivity contribution is 7.99. The number of anilines is 2. The monoisotopic (exact) mass is 575 g/mol. The van der Waals surface area contributed by atoms with E-state index >= 15 is 0 Å². The first-order valence-corrected chi connectivity index (χ1v) is 16.2. The number of benzene rings is 2. The second-order valence-electron chi connectivity index (χ2n) is 12.0. The van der Waals surface area contributed by atoms with E-state index in [9.17, 15) is 4.79 Å². The molecule has 1 heterocycles. The lowest BCUT2D eigenvalue weighted by Gasteiger charge is -2.36. The Morgan fingerprint density at radius 2 is 1.73 bits per heavy atom. The Kier molecular flexibility index (Phi) is 9.91. The summed E-state index contributed by atoms with van der Waals surface area (Å²) in [6.45, 7) is 0.780. The van der Waals surface area contributed by atoms with Crippen molar-refractivity contribution in [2.45, 2.75) is 80.7 Å². The zero-order valence-electron chi connectivity index (χ0n) is 24.8. The van der Waals surface area contributed by atoms with E-state index in [1.54, 1.807) is 7.11 Å². The molecule has 8 heteroatoms. The predicted molar refractivity (Wildman–Crippen MR) is 171 cm³/mol. The fourth-order valence-electron chi connectivity index (χ4n) is 6.30. The van der Waals surface area contributed by atoms with Gasteiger partial charge in [-0.25, -0.2) is 4.98 Å². The lowest BCUT2D eigenvalue weighted by Crippen LogP contribution is -2.39. The van der Waals surface area contributed by atoms with Crippen LogP contribution in [0.2, 0.25) is 0 Å². The van der Waals surface area contributed by atoms with Crippen molar-refractivity contribution in [3.8, 4) is 5.75 Å². The molecular formula is C33H45N5O2S. The summed E-state index contributed by atoms with van der Waals surface area (Å²) < 4.78 is 5.35. The van der Waals surface area contributed by atoms with Gasteiger partial charge in [0.25, 0.3) is 0 Å². The number of carbonyl (C=O) groups excluding carboxylic acids is 1. The predicted octanol–water partition coefficient (Wildman–Crippen LogP) is 6.82. The van der Waals surface area contributed by atoms with E-state index in [4.69, 9.17) is 14.7 Å². The molecule has 2 N–H and O–H groups in total. The summed E-state index contributed by atoms with van der Waals surface area (Å²) in [7, 11) is 5.74. The van der Waals surface area contributed by atoms with Crippen LogP contribution in [-0.2, 0) is 10.5 Å². The van der Waals surface area contributed by atoms with E-state index in [2.05, 4.69) is 28.8 Å². The number of fused-ring (bicyclic) bond motifs is 1. The molecule has 1 aromatic heterocycles. The zero-order chi connectivity index (χ0) is 28.7. The Morgan fingerprint density at radius 3 is 2.44 bits per heavy atom. The van der Waals surface area contributed by atoms with Crippen LogP contribution in [0, 0.1) is 5.92 Å². The van der Waals surface area contributed by atoms with Crippen molar-refractivity contribution in [3.05, 3.63) is 54.1 Å². The Labute approximate surface area is 249 Å². The number of nitrogens with zero attached hydrogens (tertiary/aromatic N) is 3. The Bertz CT molecular complexity index is 1280. The van der Waals surface area contributed by atoms with Gasteiger partial charge in [0.2, 0.25) is 11.9 Å². The molecule has 41 heavy (non-hydrogen) atoms. The first-order valence-electron chi connectivity index (χ1n) is 15.2. The minimum atomic E-state index is 0.0507. The smallest absolute Gasteiger partial charge is 0.225 e. The number of para-hydroxylation sites is 1. The number of carbonyl (C=O) groups is 1.